The van der Waals surface area contributed by atoms with Crippen molar-refractivity contribution in [1.29, 1.82) is 0 Å². The molecule has 0 spiro atoms. The highest BCUT2D eigenvalue weighted by Crippen LogP contribution is 2.27. The fourth-order valence-electron chi connectivity index (χ4n) is 1.89. The van der Waals surface area contributed by atoms with Gasteiger partial charge in [0.25, 0.3) is 0 Å². The second kappa shape index (κ2) is 5.10. The highest BCUT2D eigenvalue weighted by atomic mass is 35.5. The minimum Gasteiger partial charge on any atom is -0.251 e. The summed E-state index contributed by atoms with van der Waals surface area (Å²) >= 11 is 7.38. The van der Waals surface area contributed by atoms with E-state index in [1.54, 1.807) is 29.9 Å². The predicted octanol–water partition coefficient (Wildman–Crippen LogP) is 3.21. The lowest BCUT2D eigenvalue weighted by Crippen LogP contribution is -2.20. The molecule has 0 aliphatic carbocycles. The molecule has 0 unspecified atom stereocenters. The van der Waals surface area contributed by atoms with Crippen LogP contribution in [0.15, 0.2) is 44.9 Å². The monoisotopic (exact) mass is 305 g/mol. The molecule has 1 aromatic carbocycles. The van der Waals surface area contributed by atoms with Crippen molar-refractivity contribution in [3.63, 3.8) is 0 Å². The van der Waals surface area contributed by atoms with Crippen LogP contribution in [0.1, 0.15) is 0 Å². The molecule has 100 valence electrons. The van der Waals surface area contributed by atoms with E-state index < -0.39 is 5.69 Å². The molecule has 6 nitrogen and oxygen atoms in total. The first-order valence-corrected chi connectivity index (χ1v) is 6.87. The van der Waals surface area contributed by atoms with E-state index in [1.165, 1.54) is 23.0 Å². The number of azo groups is 1. The molecule has 0 saturated heterocycles. The number of nitrogens with zero attached hydrogens (tertiary/aromatic N) is 5. The molecule has 3 aromatic rings. The second-order valence-electron chi connectivity index (χ2n) is 3.85. The minimum absolute atomic E-state index is 0.282. The van der Waals surface area contributed by atoms with Gasteiger partial charge in [-0.2, -0.15) is 10.1 Å². The van der Waals surface area contributed by atoms with E-state index in [4.69, 9.17) is 11.6 Å². The Kier molecular flexibility index (Phi) is 3.29. The molecule has 0 fully saturated rings. The van der Waals surface area contributed by atoms with Crippen LogP contribution < -0.4 is 5.69 Å². The quantitative estimate of drug-likeness (QED) is 0.682. The van der Waals surface area contributed by atoms with Crippen molar-refractivity contribution in [1.82, 2.24) is 14.5 Å². The van der Waals surface area contributed by atoms with Crippen LogP contribution in [0, 0.1) is 0 Å². The molecule has 0 bridgehead atoms. The highest BCUT2D eigenvalue weighted by Gasteiger charge is 2.13. The Hall–Kier alpha value is -2.12. The first-order chi connectivity index (χ1) is 9.70. The zero-order chi connectivity index (χ0) is 14.1. The zero-order valence-corrected chi connectivity index (χ0v) is 11.9. The average molecular weight is 306 g/mol. The fraction of sp³-hybridized carbons (Fsp3) is 0.0833. The summed E-state index contributed by atoms with van der Waals surface area (Å²) < 4.78 is 1.47. The lowest BCUT2D eigenvalue weighted by molar-refractivity contribution is 0.958. The molecule has 0 atom stereocenters. The van der Waals surface area contributed by atoms with E-state index in [0.29, 0.717) is 20.9 Å². The Morgan fingerprint density at radius 2 is 2.25 bits per heavy atom. The average Bonchev–Trinajstić information content (AvgIpc) is 2.92. The van der Waals surface area contributed by atoms with Crippen LogP contribution >= 0.6 is 22.9 Å². The van der Waals surface area contributed by atoms with E-state index in [9.17, 15) is 4.79 Å². The van der Waals surface area contributed by atoms with Gasteiger partial charge in [-0.3, -0.25) is 4.98 Å². The third-order valence-electron chi connectivity index (χ3n) is 2.67. The molecule has 0 N–H and O–H groups in total. The lowest BCUT2D eigenvalue weighted by atomic mass is 10.2. The molecule has 2 aromatic heterocycles. The predicted molar refractivity (Wildman–Crippen MR) is 78.5 cm³/mol. The minimum atomic E-state index is -0.439. The number of hydrogen-bond donors (Lipinski definition) is 0. The highest BCUT2D eigenvalue weighted by molar-refractivity contribution is 7.12. The normalized spacial score (nSPS) is 11.5. The number of rotatable bonds is 2. The number of thiazole rings is 1. The summed E-state index contributed by atoms with van der Waals surface area (Å²) in [5, 5.41) is 9.48. The van der Waals surface area contributed by atoms with Crippen molar-refractivity contribution in [3.05, 3.63) is 45.4 Å². The maximum atomic E-state index is 12.2. The van der Waals surface area contributed by atoms with Gasteiger partial charge in [-0.25, -0.2) is 9.36 Å². The molecule has 3 rings (SSSR count). The summed E-state index contributed by atoms with van der Waals surface area (Å²) in [6, 6.07) is 5.20. The zero-order valence-electron chi connectivity index (χ0n) is 10.3. The summed E-state index contributed by atoms with van der Waals surface area (Å²) in [7, 11) is 1.53. The van der Waals surface area contributed by atoms with Crippen molar-refractivity contribution < 1.29 is 0 Å². The van der Waals surface area contributed by atoms with Gasteiger partial charge in [-0.15, -0.1) is 16.5 Å². The topological polar surface area (TPSA) is 72.5 Å². The van der Waals surface area contributed by atoms with Crippen molar-refractivity contribution in [2.45, 2.75) is 0 Å². The van der Waals surface area contributed by atoms with Crippen molar-refractivity contribution in [2.24, 2.45) is 10.2 Å². The summed E-state index contributed by atoms with van der Waals surface area (Å²) in [6.07, 6.45) is 1.61. The molecule has 0 aliphatic rings. The largest absolute Gasteiger partial charge is 0.355 e. The molecule has 0 amide bonds. The van der Waals surface area contributed by atoms with Crippen molar-refractivity contribution in [3.8, 4) is 5.00 Å². The number of aromatic nitrogens is 3. The van der Waals surface area contributed by atoms with Gasteiger partial charge in [0.15, 0.2) is 5.82 Å². The lowest BCUT2D eigenvalue weighted by Gasteiger charge is -2.08. The molecule has 2 heterocycles. The van der Waals surface area contributed by atoms with E-state index in [-0.39, 0.29) is 5.82 Å². The molecule has 0 radical (unpaired) electrons. The summed E-state index contributed by atoms with van der Waals surface area (Å²) in [6.45, 7) is 0. The van der Waals surface area contributed by atoms with E-state index in [1.807, 2.05) is 0 Å². The van der Waals surface area contributed by atoms with Gasteiger partial charge in [0.2, 0.25) is 0 Å². The SMILES string of the molecule is CN=Nc1nc(=O)n(-c2cncs2)c2cc(Cl)ccc12. The van der Waals surface area contributed by atoms with Gasteiger partial charge in [-0.05, 0) is 18.2 Å². The Balaban J connectivity index is 2.47. The molecular weight excluding hydrogens is 298 g/mol. The molecule has 20 heavy (non-hydrogen) atoms. The molecular formula is C12H8ClN5OS. The number of hydrogen-bond acceptors (Lipinski definition) is 6. The van der Waals surface area contributed by atoms with E-state index >= 15 is 0 Å². The smallest absolute Gasteiger partial charge is 0.251 e. The third-order valence-corrected chi connectivity index (χ3v) is 3.66. The standard InChI is InChI=1S/C12H8ClN5OS/c1-14-17-11-8-3-2-7(13)4-9(8)18(12(19)16-11)10-5-15-6-20-10/h2-6H,1H3. The van der Waals surface area contributed by atoms with E-state index in [0.717, 1.165) is 0 Å². The van der Waals surface area contributed by atoms with Gasteiger partial charge in [0, 0.05) is 17.5 Å². The Labute approximate surface area is 122 Å². The van der Waals surface area contributed by atoms with Crippen molar-refractivity contribution >= 4 is 39.7 Å². The van der Waals surface area contributed by atoms with Crippen LogP contribution in [0.5, 0.6) is 0 Å². The summed E-state index contributed by atoms with van der Waals surface area (Å²) in [5.74, 6) is 0.282. The van der Waals surface area contributed by atoms with Crippen LogP contribution in [-0.2, 0) is 0 Å². The van der Waals surface area contributed by atoms with Crippen LogP contribution in [0.3, 0.4) is 0 Å². The number of halogens is 1. The van der Waals surface area contributed by atoms with Crippen LogP contribution in [0.25, 0.3) is 15.9 Å². The Bertz CT molecular complexity index is 856. The Morgan fingerprint density at radius 3 is 2.95 bits per heavy atom. The number of fused-ring (bicyclic) bond motifs is 1. The van der Waals surface area contributed by atoms with Gasteiger partial charge in [-0.1, -0.05) is 11.6 Å². The van der Waals surface area contributed by atoms with Crippen LogP contribution in [0.4, 0.5) is 5.82 Å². The van der Waals surface area contributed by atoms with Crippen molar-refractivity contribution in [2.75, 3.05) is 7.05 Å². The fourth-order valence-corrected chi connectivity index (χ4v) is 2.69. The van der Waals surface area contributed by atoms with Gasteiger partial charge in [0.1, 0.15) is 5.00 Å². The molecule has 0 aliphatic heterocycles. The van der Waals surface area contributed by atoms with Gasteiger partial charge >= 0.3 is 5.69 Å². The maximum absolute atomic E-state index is 12.2. The second-order valence-corrected chi connectivity index (χ2v) is 5.16. The first-order valence-electron chi connectivity index (χ1n) is 5.61. The third kappa shape index (κ3) is 2.10. The summed E-state index contributed by atoms with van der Waals surface area (Å²) in [4.78, 5) is 20.2. The van der Waals surface area contributed by atoms with E-state index in [2.05, 4.69) is 20.2 Å². The van der Waals surface area contributed by atoms with Crippen LogP contribution in [0.2, 0.25) is 5.02 Å². The maximum Gasteiger partial charge on any atom is 0.355 e. The summed E-state index contributed by atoms with van der Waals surface area (Å²) in [5.41, 5.74) is 1.84. The Morgan fingerprint density at radius 1 is 1.40 bits per heavy atom. The first kappa shape index (κ1) is 12.9. The molecule has 8 heteroatoms. The molecule has 0 saturated carbocycles. The van der Waals surface area contributed by atoms with Crippen LogP contribution in [-0.4, -0.2) is 21.6 Å². The number of benzene rings is 1. The van der Waals surface area contributed by atoms with Gasteiger partial charge in [0.05, 0.1) is 17.2 Å². The van der Waals surface area contributed by atoms with Gasteiger partial charge < -0.3 is 0 Å².